The van der Waals surface area contributed by atoms with Gasteiger partial charge in [0.1, 0.15) is 6.10 Å². The van der Waals surface area contributed by atoms with Gasteiger partial charge in [0.15, 0.2) is 0 Å². The first kappa shape index (κ1) is 52.0. The number of carbonyl (C=O) groups is 2. The van der Waals surface area contributed by atoms with Gasteiger partial charge in [-0.15, -0.1) is 0 Å². The lowest BCUT2D eigenvalue weighted by Crippen LogP contribution is -2.46. The number of aliphatic hydroxyl groups excluding tert-OH is 2. The zero-order valence-electron chi connectivity index (χ0n) is 35.5. The molecule has 0 aliphatic heterocycles. The minimum absolute atomic E-state index is 0.0257. The molecule has 0 spiro atoms. The molecule has 0 heterocycles. The van der Waals surface area contributed by atoms with E-state index in [0.29, 0.717) is 19.3 Å². The van der Waals surface area contributed by atoms with Crippen molar-refractivity contribution in [3.05, 3.63) is 85.1 Å². The number of rotatable bonds is 38. The zero-order valence-corrected chi connectivity index (χ0v) is 35.5. The fourth-order valence-electron chi connectivity index (χ4n) is 6.25. The number of esters is 1. The third-order valence-electron chi connectivity index (χ3n) is 9.60. The second kappa shape index (κ2) is 42.2. The molecule has 0 aromatic rings. The van der Waals surface area contributed by atoms with Crippen molar-refractivity contribution in [3.8, 4) is 0 Å². The second-order valence-electron chi connectivity index (χ2n) is 14.8. The van der Waals surface area contributed by atoms with E-state index < -0.39 is 18.2 Å². The predicted molar refractivity (Wildman–Crippen MR) is 236 cm³/mol. The maximum atomic E-state index is 13.1. The van der Waals surface area contributed by atoms with Crippen molar-refractivity contribution in [2.24, 2.45) is 0 Å². The molecule has 6 nitrogen and oxygen atoms in total. The van der Waals surface area contributed by atoms with Gasteiger partial charge in [-0.2, -0.15) is 0 Å². The lowest BCUT2D eigenvalue weighted by Gasteiger charge is -2.24. The van der Waals surface area contributed by atoms with Crippen LogP contribution >= 0.6 is 0 Å². The summed E-state index contributed by atoms with van der Waals surface area (Å²) in [5.74, 6) is -0.626. The highest BCUT2D eigenvalue weighted by Crippen LogP contribution is 2.15. The third-order valence-corrected chi connectivity index (χ3v) is 9.60. The lowest BCUT2D eigenvalue weighted by molar-refractivity contribution is -0.150. The molecule has 0 aliphatic rings. The molecular formula is C49H83NO5. The highest BCUT2D eigenvalue weighted by Gasteiger charge is 2.23. The SMILES string of the molecule is CC/C=C/C=C/C=C\C=C/C=C/CC(CC(=O)NC(CO)C(O)CCCCCCCCCCCCC)OC(=O)CCCCCCCCC/C=C/C/C=C/CC. The largest absolute Gasteiger partial charge is 0.461 e. The van der Waals surface area contributed by atoms with Crippen LogP contribution in [0.25, 0.3) is 0 Å². The Bertz CT molecular complexity index is 1080. The summed E-state index contributed by atoms with van der Waals surface area (Å²) in [7, 11) is 0. The maximum absolute atomic E-state index is 13.1. The molecule has 6 heteroatoms. The molecule has 0 aliphatic carbocycles. The van der Waals surface area contributed by atoms with Gasteiger partial charge in [-0.3, -0.25) is 9.59 Å². The smallest absolute Gasteiger partial charge is 0.306 e. The van der Waals surface area contributed by atoms with Crippen molar-refractivity contribution < 1.29 is 24.5 Å². The zero-order chi connectivity index (χ0) is 40.3. The van der Waals surface area contributed by atoms with Gasteiger partial charge in [-0.25, -0.2) is 0 Å². The fraction of sp³-hybridized carbons (Fsp3) is 0.673. The van der Waals surface area contributed by atoms with Crippen LogP contribution in [0.2, 0.25) is 0 Å². The van der Waals surface area contributed by atoms with Crippen LogP contribution < -0.4 is 5.32 Å². The van der Waals surface area contributed by atoms with E-state index in [0.717, 1.165) is 64.2 Å². The summed E-state index contributed by atoms with van der Waals surface area (Å²) < 4.78 is 5.81. The highest BCUT2D eigenvalue weighted by molar-refractivity contribution is 5.77. The van der Waals surface area contributed by atoms with Gasteiger partial charge in [0.2, 0.25) is 5.91 Å². The van der Waals surface area contributed by atoms with Gasteiger partial charge in [0, 0.05) is 12.8 Å². The van der Waals surface area contributed by atoms with Crippen LogP contribution in [0.4, 0.5) is 0 Å². The van der Waals surface area contributed by atoms with E-state index in [1.54, 1.807) is 0 Å². The monoisotopic (exact) mass is 766 g/mol. The van der Waals surface area contributed by atoms with E-state index in [2.05, 4.69) is 56.5 Å². The molecule has 0 radical (unpaired) electrons. The Kier molecular flexibility index (Phi) is 39.9. The molecule has 0 aromatic carbocycles. The van der Waals surface area contributed by atoms with Gasteiger partial charge in [0.05, 0.1) is 25.2 Å². The summed E-state index contributed by atoms with van der Waals surface area (Å²) in [4.78, 5) is 25.9. The molecule has 0 fully saturated rings. The van der Waals surface area contributed by atoms with Crippen molar-refractivity contribution in [1.29, 1.82) is 0 Å². The Morgan fingerprint density at radius 3 is 1.67 bits per heavy atom. The van der Waals surface area contributed by atoms with Crippen LogP contribution in [-0.4, -0.2) is 46.9 Å². The molecule has 55 heavy (non-hydrogen) atoms. The Hall–Kier alpha value is -2.96. The first-order valence-corrected chi connectivity index (χ1v) is 22.4. The Morgan fingerprint density at radius 1 is 0.582 bits per heavy atom. The summed E-state index contributed by atoms with van der Waals surface area (Å²) in [6.07, 6.45) is 53.8. The molecule has 0 saturated heterocycles. The number of unbranched alkanes of at least 4 members (excludes halogenated alkanes) is 17. The van der Waals surface area contributed by atoms with Gasteiger partial charge >= 0.3 is 5.97 Å². The van der Waals surface area contributed by atoms with E-state index in [4.69, 9.17) is 4.74 Å². The quantitative estimate of drug-likeness (QED) is 0.0252. The van der Waals surface area contributed by atoms with Gasteiger partial charge in [-0.1, -0.05) is 209 Å². The van der Waals surface area contributed by atoms with Crippen molar-refractivity contribution in [1.82, 2.24) is 5.32 Å². The minimum Gasteiger partial charge on any atom is -0.461 e. The molecule has 0 rings (SSSR count). The van der Waals surface area contributed by atoms with Gasteiger partial charge in [0.25, 0.3) is 0 Å². The summed E-state index contributed by atoms with van der Waals surface area (Å²) >= 11 is 0. The maximum Gasteiger partial charge on any atom is 0.306 e. The third kappa shape index (κ3) is 37.7. The van der Waals surface area contributed by atoms with E-state index in [-0.39, 0.29) is 24.9 Å². The highest BCUT2D eigenvalue weighted by atomic mass is 16.5. The molecule has 1 amide bonds. The molecular weight excluding hydrogens is 683 g/mol. The van der Waals surface area contributed by atoms with Crippen LogP contribution in [0.15, 0.2) is 85.1 Å². The molecule has 0 bridgehead atoms. The molecule has 3 atom stereocenters. The summed E-state index contributed by atoms with van der Waals surface area (Å²) in [5.41, 5.74) is 0. The lowest BCUT2D eigenvalue weighted by atomic mass is 10.0. The topological polar surface area (TPSA) is 95.9 Å². The Morgan fingerprint density at radius 2 is 1.09 bits per heavy atom. The van der Waals surface area contributed by atoms with Crippen LogP contribution in [0.3, 0.4) is 0 Å². The number of hydrogen-bond donors (Lipinski definition) is 3. The van der Waals surface area contributed by atoms with Gasteiger partial charge < -0.3 is 20.3 Å². The van der Waals surface area contributed by atoms with E-state index >= 15 is 0 Å². The van der Waals surface area contributed by atoms with Crippen LogP contribution in [0.5, 0.6) is 0 Å². The average Bonchev–Trinajstić information content (AvgIpc) is 3.18. The van der Waals surface area contributed by atoms with Crippen molar-refractivity contribution >= 4 is 11.9 Å². The number of carbonyl (C=O) groups excluding carboxylic acids is 2. The standard InChI is InChI=1S/C49H83NO5/c1-4-7-10-13-16-19-22-23-24-27-30-33-36-39-42-49(54)55-45(40-37-34-31-28-25-20-17-14-11-8-5-2)43-48(53)50-46(44-51)47(52)41-38-35-32-29-26-21-18-15-12-9-6-3/h7-8,10-11,14,16-17,19-20,25,28,31,34,37,45-47,51-52H,4-6,9,12-13,15,18,21-24,26-27,29-30,32-33,35-36,38-44H2,1-3H3,(H,50,53)/b10-7+,11-8+,17-14+,19-16+,25-20-,31-28-,37-34+. The molecule has 3 unspecified atom stereocenters. The van der Waals surface area contributed by atoms with E-state index in [9.17, 15) is 19.8 Å². The fourth-order valence-corrected chi connectivity index (χ4v) is 6.25. The van der Waals surface area contributed by atoms with Crippen LogP contribution in [0.1, 0.15) is 188 Å². The normalized spacial score (nSPS) is 14.2. The van der Waals surface area contributed by atoms with E-state index in [1.807, 2.05) is 54.7 Å². The Labute approximate surface area is 338 Å². The summed E-state index contributed by atoms with van der Waals surface area (Å²) in [6, 6.07) is -0.742. The van der Waals surface area contributed by atoms with Crippen molar-refractivity contribution in [2.75, 3.05) is 6.61 Å². The van der Waals surface area contributed by atoms with Gasteiger partial charge in [-0.05, 0) is 44.9 Å². The van der Waals surface area contributed by atoms with Crippen LogP contribution in [-0.2, 0) is 14.3 Å². The van der Waals surface area contributed by atoms with Crippen molar-refractivity contribution in [2.45, 2.75) is 206 Å². The molecule has 0 aromatic heterocycles. The average molecular weight is 766 g/mol. The number of nitrogens with one attached hydrogen (secondary N) is 1. The molecule has 0 saturated carbocycles. The second-order valence-corrected chi connectivity index (χ2v) is 14.8. The number of hydrogen-bond acceptors (Lipinski definition) is 5. The molecule has 3 N–H and O–H groups in total. The number of allylic oxidation sites excluding steroid dienone is 13. The number of aliphatic hydroxyl groups is 2. The number of ether oxygens (including phenoxy) is 1. The van der Waals surface area contributed by atoms with Crippen LogP contribution in [0, 0.1) is 0 Å². The Balaban J connectivity index is 4.74. The van der Waals surface area contributed by atoms with Crippen molar-refractivity contribution in [3.63, 3.8) is 0 Å². The predicted octanol–water partition coefficient (Wildman–Crippen LogP) is 12.8. The summed E-state index contributed by atoms with van der Waals surface area (Å²) in [5, 5.41) is 23.5. The van der Waals surface area contributed by atoms with E-state index in [1.165, 1.54) is 77.0 Å². The molecule has 314 valence electrons. The first-order chi connectivity index (χ1) is 27.0. The summed E-state index contributed by atoms with van der Waals surface area (Å²) in [6.45, 7) is 6.16. The number of amides is 1. The minimum atomic E-state index is -0.820. The first-order valence-electron chi connectivity index (χ1n) is 22.4.